The molecule has 0 saturated carbocycles. The molecular formula is C24H26N2O. The van der Waals surface area contributed by atoms with E-state index in [-0.39, 0.29) is 5.92 Å². The van der Waals surface area contributed by atoms with Crippen LogP contribution in [0.5, 0.6) is 0 Å². The Hall–Kier alpha value is -2.44. The van der Waals surface area contributed by atoms with Gasteiger partial charge in [-0.25, -0.2) is 0 Å². The molecule has 2 aromatic carbocycles. The third-order valence-corrected chi connectivity index (χ3v) is 6.49. The van der Waals surface area contributed by atoms with Crippen LogP contribution >= 0.6 is 0 Å². The van der Waals surface area contributed by atoms with Gasteiger partial charge in [0.1, 0.15) is 5.78 Å². The van der Waals surface area contributed by atoms with Gasteiger partial charge in [0.05, 0.1) is 11.6 Å². The Labute approximate surface area is 161 Å². The van der Waals surface area contributed by atoms with Crippen molar-refractivity contribution in [2.45, 2.75) is 50.6 Å². The van der Waals surface area contributed by atoms with E-state index in [0.717, 1.165) is 29.5 Å². The lowest BCUT2D eigenvalue weighted by Crippen LogP contribution is -2.51. The lowest BCUT2D eigenvalue weighted by molar-refractivity contribution is -0.125. The van der Waals surface area contributed by atoms with E-state index < -0.39 is 0 Å². The number of Topliss-reactive ketones (excluding diaryl/α,β-unsaturated/α-hetero) is 1. The minimum Gasteiger partial charge on any atom is -0.300 e. The van der Waals surface area contributed by atoms with Crippen molar-refractivity contribution in [3.05, 3.63) is 59.7 Å². The van der Waals surface area contributed by atoms with Crippen LogP contribution in [0.2, 0.25) is 0 Å². The number of nitrogens with zero attached hydrogens (tertiary/aromatic N) is 2. The fourth-order valence-electron chi connectivity index (χ4n) is 4.86. The van der Waals surface area contributed by atoms with Crippen LogP contribution in [0.15, 0.2) is 48.5 Å². The molecular weight excluding hydrogens is 332 g/mol. The molecule has 2 unspecified atom stereocenters. The standard InChI is InChI=1S/C24H26N2O/c1-26-21-6-4-7-22(26)15-20(14-21)24(27)13-17-9-11-18(12-10-17)23-8-3-2-5-19(23)16-25/h2-3,5,8-12,20-22H,4,6-7,13-15H2,1H3. The van der Waals surface area contributed by atoms with Gasteiger partial charge in [-0.05, 0) is 55.5 Å². The molecule has 2 bridgehead atoms. The highest BCUT2D eigenvalue weighted by atomic mass is 16.1. The third-order valence-electron chi connectivity index (χ3n) is 6.49. The maximum atomic E-state index is 12.9. The molecule has 3 heteroatoms. The van der Waals surface area contributed by atoms with E-state index in [2.05, 4.69) is 18.0 Å². The minimum absolute atomic E-state index is 0.218. The monoisotopic (exact) mass is 358 g/mol. The van der Waals surface area contributed by atoms with Crippen LogP contribution in [0.4, 0.5) is 0 Å². The Morgan fingerprint density at radius 1 is 1.07 bits per heavy atom. The van der Waals surface area contributed by atoms with E-state index in [4.69, 9.17) is 0 Å². The van der Waals surface area contributed by atoms with Gasteiger partial charge in [0.2, 0.25) is 0 Å². The minimum atomic E-state index is 0.218. The number of carbonyl (C=O) groups is 1. The van der Waals surface area contributed by atoms with Crippen LogP contribution in [0, 0.1) is 17.2 Å². The summed E-state index contributed by atoms with van der Waals surface area (Å²) < 4.78 is 0. The zero-order valence-electron chi connectivity index (χ0n) is 15.9. The molecule has 2 aromatic rings. The first-order valence-electron chi connectivity index (χ1n) is 9.99. The number of hydrogen-bond acceptors (Lipinski definition) is 3. The molecule has 0 radical (unpaired) electrons. The Balaban J connectivity index is 1.44. The Bertz CT molecular complexity index is 851. The number of fused-ring (bicyclic) bond motifs is 2. The van der Waals surface area contributed by atoms with Crippen LogP contribution in [-0.4, -0.2) is 29.8 Å². The normalized spacial score (nSPS) is 25.0. The number of nitriles is 1. The number of rotatable bonds is 4. The van der Waals surface area contributed by atoms with Crippen molar-refractivity contribution >= 4 is 5.78 Å². The van der Waals surface area contributed by atoms with Gasteiger partial charge in [-0.2, -0.15) is 5.26 Å². The average molecular weight is 358 g/mol. The van der Waals surface area contributed by atoms with Gasteiger partial charge in [0.15, 0.2) is 0 Å². The van der Waals surface area contributed by atoms with Gasteiger partial charge < -0.3 is 4.90 Å². The van der Waals surface area contributed by atoms with Gasteiger partial charge in [-0.3, -0.25) is 4.79 Å². The van der Waals surface area contributed by atoms with Crippen molar-refractivity contribution in [1.29, 1.82) is 5.26 Å². The van der Waals surface area contributed by atoms with E-state index in [1.165, 1.54) is 19.3 Å². The number of carbonyl (C=O) groups excluding carboxylic acids is 1. The summed E-state index contributed by atoms with van der Waals surface area (Å²) in [4.78, 5) is 15.4. The van der Waals surface area contributed by atoms with Crippen LogP contribution in [-0.2, 0) is 11.2 Å². The van der Waals surface area contributed by atoms with Crippen molar-refractivity contribution in [2.24, 2.45) is 5.92 Å². The zero-order chi connectivity index (χ0) is 18.8. The summed E-state index contributed by atoms with van der Waals surface area (Å²) in [5.74, 6) is 0.612. The molecule has 0 aromatic heterocycles. The summed E-state index contributed by atoms with van der Waals surface area (Å²) in [6, 6.07) is 19.2. The second-order valence-electron chi connectivity index (χ2n) is 8.07. The molecule has 138 valence electrons. The second-order valence-corrected chi connectivity index (χ2v) is 8.07. The molecule has 0 spiro atoms. The van der Waals surface area contributed by atoms with Crippen LogP contribution in [0.1, 0.15) is 43.2 Å². The largest absolute Gasteiger partial charge is 0.300 e. The van der Waals surface area contributed by atoms with Gasteiger partial charge in [0.25, 0.3) is 0 Å². The van der Waals surface area contributed by atoms with E-state index in [9.17, 15) is 10.1 Å². The SMILES string of the molecule is CN1C2CCCC1CC(C(=O)Cc1ccc(-c3ccccc3C#N)cc1)C2. The fourth-order valence-corrected chi connectivity index (χ4v) is 4.86. The predicted molar refractivity (Wildman–Crippen MR) is 107 cm³/mol. The van der Waals surface area contributed by atoms with E-state index in [1.807, 2.05) is 48.5 Å². The van der Waals surface area contributed by atoms with Gasteiger partial charge in [-0.1, -0.05) is 48.9 Å². The van der Waals surface area contributed by atoms with E-state index in [1.54, 1.807) is 0 Å². The van der Waals surface area contributed by atoms with Gasteiger partial charge >= 0.3 is 0 Å². The maximum Gasteiger partial charge on any atom is 0.140 e. The first-order valence-corrected chi connectivity index (χ1v) is 9.99. The summed E-state index contributed by atoms with van der Waals surface area (Å²) in [7, 11) is 2.23. The Kier molecular flexibility index (Phi) is 5.09. The molecule has 2 aliphatic rings. The van der Waals surface area contributed by atoms with Gasteiger partial charge in [0, 0.05) is 24.4 Å². The molecule has 2 fully saturated rings. The van der Waals surface area contributed by atoms with E-state index in [0.29, 0.717) is 29.9 Å². The highest BCUT2D eigenvalue weighted by molar-refractivity contribution is 5.83. The first-order chi connectivity index (χ1) is 13.2. The summed E-state index contributed by atoms with van der Waals surface area (Å²) in [6.07, 6.45) is 6.37. The Morgan fingerprint density at radius 2 is 1.74 bits per heavy atom. The third kappa shape index (κ3) is 3.68. The second kappa shape index (κ2) is 7.66. The summed E-state index contributed by atoms with van der Waals surface area (Å²) in [6.45, 7) is 0. The summed E-state index contributed by atoms with van der Waals surface area (Å²) in [5, 5.41) is 9.29. The number of piperidine rings is 2. The molecule has 4 rings (SSSR count). The molecule has 0 amide bonds. The van der Waals surface area contributed by atoms with Crippen molar-refractivity contribution in [2.75, 3.05) is 7.05 Å². The molecule has 2 aliphatic heterocycles. The smallest absolute Gasteiger partial charge is 0.140 e. The molecule has 2 atom stereocenters. The number of ketones is 1. The highest BCUT2D eigenvalue weighted by Gasteiger charge is 2.38. The quantitative estimate of drug-likeness (QED) is 0.802. The van der Waals surface area contributed by atoms with Crippen molar-refractivity contribution in [1.82, 2.24) is 4.90 Å². The molecule has 27 heavy (non-hydrogen) atoms. The van der Waals surface area contributed by atoms with E-state index >= 15 is 0 Å². The molecule has 0 aliphatic carbocycles. The summed E-state index contributed by atoms with van der Waals surface area (Å²) in [5.41, 5.74) is 3.72. The maximum absolute atomic E-state index is 12.9. The topological polar surface area (TPSA) is 44.1 Å². The highest BCUT2D eigenvalue weighted by Crippen LogP contribution is 2.36. The Morgan fingerprint density at radius 3 is 2.41 bits per heavy atom. The van der Waals surface area contributed by atoms with Crippen molar-refractivity contribution in [3.8, 4) is 17.2 Å². The first kappa shape index (κ1) is 17.9. The van der Waals surface area contributed by atoms with Crippen molar-refractivity contribution in [3.63, 3.8) is 0 Å². The predicted octanol–water partition coefficient (Wildman–Crippen LogP) is 4.60. The number of hydrogen-bond donors (Lipinski definition) is 0. The lowest BCUT2D eigenvalue weighted by Gasteiger charge is -2.46. The summed E-state index contributed by atoms with van der Waals surface area (Å²) >= 11 is 0. The van der Waals surface area contributed by atoms with Crippen molar-refractivity contribution < 1.29 is 4.79 Å². The lowest BCUT2D eigenvalue weighted by atomic mass is 9.76. The van der Waals surface area contributed by atoms with Crippen LogP contribution < -0.4 is 0 Å². The van der Waals surface area contributed by atoms with Gasteiger partial charge in [-0.15, -0.1) is 0 Å². The van der Waals surface area contributed by atoms with Crippen LogP contribution in [0.3, 0.4) is 0 Å². The molecule has 3 nitrogen and oxygen atoms in total. The number of benzene rings is 2. The molecule has 0 N–H and O–H groups in total. The molecule has 2 heterocycles. The molecule has 2 saturated heterocycles. The van der Waals surface area contributed by atoms with Crippen LogP contribution in [0.25, 0.3) is 11.1 Å². The fraction of sp³-hybridized carbons (Fsp3) is 0.417. The zero-order valence-corrected chi connectivity index (χ0v) is 15.9. The average Bonchev–Trinajstić information content (AvgIpc) is 2.68.